The summed E-state index contributed by atoms with van der Waals surface area (Å²) in [4.78, 5) is 3.85. The van der Waals surface area contributed by atoms with Crippen LogP contribution in [0.4, 0.5) is 5.82 Å². The summed E-state index contributed by atoms with van der Waals surface area (Å²) in [6.07, 6.45) is 1.66. The zero-order valence-electron chi connectivity index (χ0n) is 5.35. The molecule has 50 valence electrons. The van der Waals surface area contributed by atoms with Crippen molar-refractivity contribution in [3.63, 3.8) is 0 Å². The van der Waals surface area contributed by atoms with E-state index in [1.54, 1.807) is 6.33 Å². The monoisotopic (exact) mass is 145 g/mol. The van der Waals surface area contributed by atoms with Crippen LogP contribution in [0.1, 0.15) is 0 Å². The van der Waals surface area contributed by atoms with Crippen molar-refractivity contribution in [2.24, 2.45) is 7.05 Å². The Morgan fingerprint density at radius 3 is 2.67 bits per heavy atom. The highest BCUT2D eigenvalue weighted by molar-refractivity contribution is 6.31. The van der Waals surface area contributed by atoms with Crippen molar-refractivity contribution < 1.29 is 0 Å². The van der Waals surface area contributed by atoms with E-state index in [1.165, 1.54) is 0 Å². The number of nitrogens with zero attached hydrogens (tertiary/aromatic N) is 2. The molecule has 0 saturated carbocycles. The van der Waals surface area contributed by atoms with Gasteiger partial charge in [-0.05, 0) is 0 Å². The van der Waals surface area contributed by atoms with Gasteiger partial charge in [-0.2, -0.15) is 0 Å². The molecular formula is C5H8ClN3. The molecule has 0 spiro atoms. The molecule has 1 aromatic heterocycles. The molecule has 0 bridgehead atoms. The van der Waals surface area contributed by atoms with Gasteiger partial charge in [-0.3, -0.25) is 0 Å². The van der Waals surface area contributed by atoms with Gasteiger partial charge < -0.3 is 9.88 Å². The number of hydrogen-bond acceptors (Lipinski definition) is 2. The van der Waals surface area contributed by atoms with Crippen molar-refractivity contribution in [3.8, 4) is 0 Å². The van der Waals surface area contributed by atoms with Crippen molar-refractivity contribution in [2.75, 3.05) is 12.4 Å². The largest absolute Gasteiger partial charge is 0.372 e. The standard InChI is InChI=1S/C5H8ClN3/c1-7-5-4(6)8-3-9(5)2/h3,7H,1-2H3. The van der Waals surface area contributed by atoms with Gasteiger partial charge in [0.25, 0.3) is 0 Å². The van der Waals surface area contributed by atoms with E-state index in [9.17, 15) is 0 Å². The first-order valence-electron chi connectivity index (χ1n) is 2.60. The molecule has 0 aromatic carbocycles. The van der Waals surface area contributed by atoms with Crippen LogP contribution in [-0.4, -0.2) is 16.6 Å². The second-order valence-electron chi connectivity index (χ2n) is 1.74. The molecule has 0 fully saturated rings. The summed E-state index contributed by atoms with van der Waals surface area (Å²) in [6, 6.07) is 0. The van der Waals surface area contributed by atoms with E-state index in [4.69, 9.17) is 11.6 Å². The molecule has 0 aliphatic heterocycles. The maximum absolute atomic E-state index is 5.65. The van der Waals surface area contributed by atoms with Crippen LogP contribution in [-0.2, 0) is 7.05 Å². The predicted molar refractivity (Wildman–Crippen MR) is 37.8 cm³/mol. The Hall–Kier alpha value is -0.700. The average Bonchev–Trinajstić information content (AvgIpc) is 2.12. The lowest BCUT2D eigenvalue weighted by molar-refractivity contribution is 0.918. The summed E-state index contributed by atoms with van der Waals surface area (Å²) < 4.78 is 1.82. The molecular weight excluding hydrogens is 138 g/mol. The summed E-state index contributed by atoms with van der Waals surface area (Å²) in [5, 5.41) is 3.43. The van der Waals surface area contributed by atoms with Crippen molar-refractivity contribution in [2.45, 2.75) is 0 Å². The van der Waals surface area contributed by atoms with E-state index in [-0.39, 0.29) is 0 Å². The molecule has 3 nitrogen and oxygen atoms in total. The van der Waals surface area contributed by atoms with Gasteiger partial charge in [-0.15, -0.1) is 0 Å². The van der Waals surface area contributed by atoms with Crippen LogP contribution < -0.4 is 5.32 Å². The fraction of sp³-hybridized carbons (Fsp3) is 0.400. The minimum atomic E-state index is 0.514. The van der Waals surface area contributed by atoms with Crippen molar-refractivity contribution in [1.29, 1.82) is 0 Å². The Bertz CT molecular complexity index is 186. The summed E-state index contributed by atoms with van der Waals surface area (Å²) in [5.41, 5.74) is 0. The Morgan fingerprint density at radius 1 is 1.78 bits per heavy atom. The lowest BCUT2D eigenvalue weighted by atomic mass is 10.7. The van der Waals surface area contributed by atoms with Crippen molar-refractivity contribution >= 4 is 17.4 Å². The third kappa shape index (κ3) is 1.00. The van der Waals surface area contributed by atoms with Gasteiger partial charge in [0.05, 0.1) is 6.33 Å². The molecule has 1 heterocycles. The van der Waals surface area contributed by atoms with Gasteiger partial charge in [-0.1, -0.05) is 11.6 Å². The molecule has 1 aromatic rings. The van der Waals surface area contributed by atoms with E-state index in [1.807, 2.05) is 18.7 Å². The minimum Gasteiger partial charge on any atom is -0.372 e. The van der Waals surface area contributed by atoms with E-state index >= 15 is 0 Å². The van der Waals surface area contributed by atoms with Gasteiger partial charge >= 0.3 is 0 Å². The molecule has 0 radical (unpaired) electrons. The van der Waals surface area contributed by atoms with Crippen LogP contribution in [0.5, 0.6) is 0 Å². The first-order chi connectivity index (χ1) is 4.25. The first-order valence-corrected chi connectivity index (χ1v) is 2.98. The number of anilines is 1. The molecule has 0 saturated heterocycles. The number of hydrogen-bond donors (Lipinski definition) is 1. The van der Waals surface area contributed by atoms with Crippen LogP contribution in [0, 0.1) is 0 Å². The third-order valence-corrected chi connectivity index (χ3v) is 1.41. The van der Waals surface area contributed by atoms with Crippen LogP contribution in [0.3, 0.4) is 0 Å². The van der Waals surface area contributed by atoms with Gasteiger partial charge in [0.2, 0.25) is 0 Å². The van der Waals surface area contributed by atoms with Gasteiger partial charge in [0, 0.05) is 14.1 Å². The molecule has 0 aliphatic rings. The molecule has 0 unspecified atom stereocenters. The van der Waals surface area contributed by atoms with E-state index < -0.39 is 0 Å². The van der Waals surface area contributed by atoms with Crippen LogP contribution in [0.15, 0.2) is 6.33 Å². The lowest BCUT2D eigenvalue weighted by Gasteiger charge is -1.98. The number of aromatic nitrogens is 2. The zero-order valence-corrected chi connectivity index (χ0v) is 6.11. The van der Waals surface area contributed by atoms with Crippen molar-refractivity contribution in [3.05, 3.63) is 11.5 Å². The van der Waals surface area contributed by atoms with Gasteiger partial charge in [0.15, 0.2) is 5.15 Å². The summed E-state index contributed by atoms with van der Waals surface area (Å²) >= 11 is 5.65. The number of nitrogens with one attached hydrogen (secondary N) is 1. The predicted octanol–water partition coefficient (Wildman–Crippen LogP) is 1.12. The summed E-state index contributed by atoms with van der Waals surface area (Å²) in [5.74, 6) is 0.844. The molecule has 0 aliphatic carbocycles. The Balaban J connectivity index is 3.07. The number of rotatable bonds is 1. The maximum atomic E-state index is 5.65. The van der Waals surface area contributed by atoms with E-state index in [0.29, 0.717) is 5.15 Å². The summed E-state index contributed by atoms with van der Waals surface area (Å²) in [7, 11) is 3.69. The zero-order chi connectivity index (χ0) is 6.85. The highest BCUT2D eigenvalue weighted by atomic mass is 35.5. The number of imidazole rings is 1. The highest BCUT2D eigenvalue weighted by Crippen LogP contribution is 2.16. The molecule has 1 rings (SSSR count). The second-order valence-corrected chi connectivity index (χ2v) is 2.10. The smallest absolute Gasteiger partial charge is 0.171 e. The fourth-order valence-electron chi connectivity index (χ4n) is 0.681. The molecule has 9 heavy (non-hydrogen) atoms. The Labute approximate surface area is 58.7 Å². The van der Waals surface area contributed by atoms with Crippen LogP contribution in [0.2, 0.25) is 5.15 Å². The SMILES string of the molecule is CNc1c(Cl)ncn1C. The number of halogens is 1. The molecule has 0 atom stereocenters. The van der Waals surface area contributed by atoms with Gasteiger partial charge in [0.1, 0.15) is 5.82 Å². The minimum absolute atomic E-state index is 0.514. The number of aryl methyl sites for hydroxylation is 1. The van der Waals surface area contributed by atoms with E-state index in [2.05, 4.69) is 10.3 Å². The maximum Gasteiger partial charge on any atom is 0.171 e. The fourth-order valence-corrected chi connectivity index (χ4v) is 0.953. The third-order valence-electron chi connectivity index (χ3n) is 1.13. The first kappa shape index (κ1) is 6.42. The second kappa shape index (κ2) is 2.27. The quantitative estimate of drug-likeness (QED) is 0.642. The Kier molecular flexibility index (Phi) is 1.62. The molecule has 0 amide bonds. The normalized spacial score (nSPS) is 9.67. The lowest BCUT2D eigenvalue weighted by Crippen LogP contribution is -1.95. The van der Waals surface area contributed by atoms with Crippen molar-refractivity contribution in [1.82, 2.24) is 9.55 Å². The van der Waals surface area contributed by atoms with Crippen LogP contribution >= 0.6 is 11.6 Å². The Morgan fingerprint density at radius 2 is 2.44 bits per heavy atom. The average molecular weight is 146 g/mol. The topological polar surface area (TPSA) is 29.9 Å². The molecule has 4 heteroatoms. The van der Waals surface area contributed by atoms with Crippen LogP contribution in [0.25, 0.3) is 0 Å². The van der Waals surface area contributed by atoms with Gasteiger partial charge in [-0.25, -0.2) is 4.98 Å². The molecule has 1 N–H and O–H groups in total. The highest BCUT2D eigenvalue weighted by Gasteiger charge is 2.00. The van der Waals surface area contributed by atoms with E-state index in [0.717, 1.165) is 5.82 Å². The summed E-state index contributed by atoms with van der Waals surface area (Å²) in [6.45, 7) is 0.